The van der Waals surface area contributed by atoms with Crippen molar-refractivity contribution in [3.8, 4) is 11.5 Å². The zero-order valence-electron chi connectivity index (χ0n) is 12.3. The number of H-pyrrole nitrogens is 1. The summed E-state index contributed by atoms with van der Waals surface area (Å²) in [6.45, 7) is 0.833. The van der Waals surface area contributed by atoms with Crippen LogP contribution in [0.4, 0.5) is 0 Å². The van der Waals surface area contributed by atoms with E-state index in [2.05, 4.69) is 9.97 Å². The summed E-state index contributed by atoms with van der Waals surface area (Å²) in [4.78, 5) is 32.4. The Morgan fingerprint density at radius 3 is 3.00 bits per heavy atom. The van der Waals surface area contributed by atoms with Gasteiger partial charge in [0.15, 0.2) is 11.5 Å². The second-order valence-electron chi connectivity index (χ2n) is 5.55. The molecule has 23 heavy (non-hydrogen) atoms. The quantitative estimate of drug-likeness (QED) is 0.907. The van der Waals surface area contributed by atoms with Crippen LogP contribution in [0.2, 0.25) is 0 Å². The molecule has 118 valence electrons. The Hall–Kier alpha value is -2.83. The van der Waals surface area contributed by atoms with E-state index in [1.54, 1.807) is 29.2 Å². The number of carbonyl (C=O) groups is 1. The Morgan fingerprint density at radius 1 is 1.26 bits per heavy atom. The van der Waals surface area contributed by atoms with Crippen molar-refractivity contribution in [1.82, 2.24) is 14.9 Å². The van der Waals surface area contributed by atoms with Crippen LogP contribution in [0.1, 0.15) is 34.9 Å². The highest BCUT2D eigenvalue weighted by Crippen LogP contribution is 2.35. The van der Waals surface area contributed by atoms with Gasteiger partial charge in [-0.2, -0.15) is 0 Å². The number of carbonyl (C=O) groups excluding carboxylic acids is 1. The number of nitrogens with one attached hydrogen (secondary N) is 1. The first-order valence-electron chi connectivity index (χ1n) is 7.48. The van der Waals surface area contributed by atoms with Crippen LogP contribution < -0.4 is 15.2 Å². The van der Waals surface area contributed by atoms with Crippen molar-refractivity contribution in [3.05, 3.63) is 52.2 Å². The van der Waals surface area contributed by atoms with Crippen LogP contribution in [-0.4, -0.2) is 34.1 Å². The first kappa shape index (κ1) is 13.8. The van der Waals surface area contributed by atoms with Gasteiger partial charge in [-0.05, 0) is 37.1 Å². The van der Waals surface area contributed by atoms with E-state index in [9.17, 15) is 9.59 Å². The molecule has 1 aromatic heterocycles. The van der Waals surface area contributed by atoms with E-state index in [0.717, 1.165) is 18.5 Å². The highest BCUT2D eigenvalue weighted by atomic mass is 16.7. The Balaban J connectivity index is 1.63. The van der Waals surface area contributed by atoms with E-state index in [1.165, 1.54) is 6.20 Å². The lowest BCUT2D eigenvalue weighted by atomic mass is 10.1. The minimum Gasteiger partial charge on any atom is -0.454 e. The lowest BCUT2D eigenvalue weighted by Gasteiger charge is -2.24. The van der Waals surface area contributed by atoms with Gasteiger partial charge in [0.05, 0.1) is 6.04 Å². The van der Waals surface area contributed by atoms with E-state index in [0.29, 0.717) is 23.6 Å². The molecule has 1 fully saturated rings. The summed E-state index contributed by atoms with van der Waals surface area (Å²) in [7, 11) is 0. The number of rotatable bonds is 2. The number of hydrogen-bond donors (Lipinski definition) is 1. The summed E-state index contributed by atoms with van der Waals surface area (Å²) in [6.07, 6.45) is 3.18. The summed E-state index contributed by atoms with van der Waals surface area (Å²) < 4.78 is 10.6. The van der Waals surface area contributed by atoms with Crippen molar-refractivity contribution in [1.29, 1.82) is 0 Å². The minimum atomic E-state index is -0.398. The van der Waals surface area contributed by atoms with Gasteiger partial charge in [0.25, 0.3) is 5.91 Å². The molecular formula is C16H15N3O4. The number of aromatic nitrogens is 2. The molecule has 4 rings (SSSR count). The minimum absolute atomic E-state index is 0.0801. The Kier molecular flexibility index (Phi) is 3.25. The summed E-state index contributed by atoms with van der Waals surface area (Å²) in [5.74, 6) is 1.16. The van der Waals surface area contributed by atoms with E-state index in [4.69, 9.17) is 9.47 Å². The summed E-state index contributed by atoms with van der Waals surface area (Å²) in [5, 5.41) is 0. The molecular weight excluding hydrogens is 298 g/mol. The largest absolute Gasteiger partial charge is 0.454 e. The highest BCUT2D eigenvalue weighted by molar-refractivity contribution is 5.95. The maximum absolute atomic E-state index is 12.8. The molecule has 0 bridgehead atoms. The fraction of sp³-hybridized carbons (Fsp3) is 0.312. The molecule has 0 aliphatic carbocycles. The highest BCUT2D eigenvalue weighted by Gasteiger charge is 2.32. The Bertz CT molecular complexity index is 817. The van der Waals surface area contributed by atoms with Crippen LogP contribution in [0, 0.1) is 0 Å². The first-order chi connectivity index (χ1) is 11.2. The van der Waals surface area contributed by atoms with Gasteiger partial charge in [-0.3, -0.25) is 4.79 Å². The van der Waals surface area contributed by atoms with Gasteiger partial charge in [-0.25, -0.2) is 9.78 Å². The van der Waals surface area contributed by atoms with Crippen molar-refractivity contribution in [3.63, 3.8) is 0 Å². The van der Waals surface area contributed by atoms with Gasteiger partial charge in [0.2, 0.25) is 6.79 Å². The van der Waals surface area contributed by atoms with Gasteiger partial charge < -0.3 is 19.4 Å². The molecule has 0 saturated carbocycles. The van der Waals surface area contributed by atoms with Crippen LogP contribution in [0.5, 0.6) is 11.5 Å². The molecule has 1 aromatic carbocycles. The molecule has 7 heteroatoms. The van der Waals surface area contributed by atoms with Crippen LogP contribution >= 0.6 is 0 Å². The molecule has 1 N–H and O–H groups in total. The monoisotopic (exact) mass is 313 g/mol. The van der Waals surface area contributed by atoms with Crippen molar-refractivity contribution < 1.29 is 14.3 Å². The van der Waals surface area contributed by atoms with Crippen molar-refractivity contribution in [2.75, 3.05) is 13.3 Å². The Labute approximate surface area is 131 Å². The molecule has 0 spiro atoms. The molecule has 2 aliphatic rings. The molecule has 1 amide bonds. The van der Waals surface area contributed by atoms with Crippen LogP contribution in [0.3, 0.4) is 0 Å². The number of hydrogen-bond acceptors (Lipinski definition) is 5. The third-order valence-corrected chi connectivity index (χ3v) is 4.19. The Morgan fingerprint density at radius 2 is 2.13 bits per heavy atom. The normalized spacial score (nSPS) is 19.1. The van der Waals surface area contributed by atoms with Gasteiger partial charge in [-0.15, -0.1) is 0 Å². The predicted molar refractivity (Wildman–Crippen MR) is 80.4 cm³/mol. The first-order valence-corrected chi connectivity index (χ1v) is 7.48. The number of likely N-dealkylation sites (tertiary alicyclic amines) is 1. The number of fused-ring (bicyclic) bond motifs is 1. The van der Waals surface area contributed by atoms with Crippen molar-refractivity contribution in [2.24, 2.45) is 0 Å². The lowest BCUT2D eigenvalue weighted by Crippen LogP contribution is -2.31. The molecule has 3 heterocycles. The number of nitrogens with zero attached hydrogens (tertiary/aromatic N) is 2. The topological polar surface area (TPSA) is 84.5 Å². The average molecular weight is 313 g/mol. The fourth-order valence-electron chi connectivity index (χ4n) is 3.11. The number of amides is 1. The number of benzene rings is 1. The third-order valence-electron chi connectivity index (χ3n) is 4.19. The predicted octanol–water partition coefficient (Wildman–Crippen LogP) is 1.48. The molecule has 7 nitrogen and oxygen atoms in total. The number of aromatic amines is 1. The van der Waals surface area contributed by atoms with Crippen molar-refractivity contribution >= 4 is 5.91 Å². The SMILES string of the molecule is O=C(c1ccc2c(c1)OCO2)N1CCC[C@H]1c1ccnc(=O)[nH]1. The second-order valence-corrected chi connectivity index (χ2v) is 5.55. The van der Waals surface area contributed by atoms with E-state index in [1.807, 2.05) is 0 Å². The average Bonchev–Trinajstić information content (AvgIpc) is 3.22. The standard InChI is InChI=1S/C16H15N3O4/c20-15(10-3-4-13-14(8-10)23-9-22-13)19-7-1-2-12(19)11-5-6-17-16(21)18-11/h3-6,8,12H,1-2,7,9H2,(H,17,18,21)/t12-/m0/s1. The third kappa shape index (κ3) is 2.44. The van der Waals surface area contributed by atoms with Gasteiger partial charge in [0.1, 0.15) is 0 Å². The van der Waals surface area contributed by atoms with Crippen LogP contribution in [0.15, 0.2) is 35.3 Å². The van der Waals surface area contributed by atoms with Crippen LogP contribution in [-0.2, 0) is 0 Å². The molecule has 0 radical (unpaired) electrons. The molecule has 2 aromatic rings. The molecule has 2 aliphatic heterocycles. The maximum atomic E-state index is 12.8. The molecule has 0 unspecified atom stereocenters. The summed E-state index contributed by atoms with van der Waals surface area (Å²) in [5.41, 5.74) is 0.874. The summed E-state index contributed by atoms with van der Waals surface area (Å²) >= 11 is 0. The summed E-state index contributed by atoms with van der Waals surface area (Å²) in [6, 6.07) is 6.80. The molecule has 1 saturated heterocycles. The van der Waals surface area contributed by atoms with E-state index < -0.39 is 5.69 Å². The van der Waals surface area contributed by atoms with Gasteiger partial charge in [-0.1, -0.05) is 0 Å². The fourth-order valence-corrected chi connectivity index (χ4v) is 3.11. The van der Waals surface area contributed by atoms with E-state index >= 15 is 0 Å². The van der Waals surface area contributed by atoms with Gasteiger partial charge >= 0.3 is 5.69 Å². The zero-order valence-corrected chi connectivity index (χ0v) is 12.3. The van der Waals surface area contributed by atoms with Crippen LogP contribution in [0.25, 0.3) is 0 Å². The second kappa shape index (κ2) is 5.42. The zero-order chi connectivity index (χ0) is 15.8. The molecule has 1 atom stereocenters. The van der Waals surface area contributed by atoms with E-state index in [-0.39, 0.29) is 18.7 Å². The van der Waals surface area contributed by atoms with Crippen molar-refractivity contribution in [2.45, 2.75) is 18.9 Å². The van der Waals surface area contributed by atoms with Gasteiger partial charge in [0, 0.05) is 24.0 Å². The lowest BCUT2D eigenvalue weighted by molar-refractivity contribution is 0.0732. The maximum Gasteiger partial charge on any atom is 0.345 e. The smallest absolute Gasteiger partial charge is 0.345 e. The number of ether oxygens (including phenoxy) is 2.